The van der Waals surface area contributed by atoms with Crippen molar-refractivity contribution >= 4 is 46.1 Å². The Morgan fingerprint density at radius 1 is 1.40 bits per heavy atom. The van der Waals surface area contributed by atoms with Gasteiger partial charge in [-0.1, -0.05) is 11.8 Å². The van der Waals surface area contributed by atoms with Crippen LogP contribution in [0.2, 0.25) is 0 Å². The van der Waals surface area contributed by atoms with Crippen LogP contribution < -0.4 is 10.6 Å². The van der Waals surface area contributed by atoms with Gasteiger partial charge in [-0.3, -0.25) is 4.79 Å². The summed E-state index contributed by atoms with van der Waals surface area (Å²) in [5.74, 6) is 1.23. The number of hydrogen-bond donors (Lipinski definition) is 2. The number of hydrogen-bond acceptors (Lipinski definition) is 7. The third-order valence-electron chi connectivity index (χ3n) is 3.44. The maximum absolute atomic E-state index is 11.6. The largest absolute Gasteiger partial charge is 0.383 e. The second-order valence-corrected chi connectivity index (χ2v) is 6.38. The van der Waals surface area contributed by atoms with Gasteiger partial charge in [0, 0.05) is 32.5 Å². The number of fused-ring (bicyclic) bond motifs is 1. The molecule has 2 aromatic heterocycles. The molecule has 0 saturated heterocycles. The minimum Gasteiger partial charge on any atom is -0.383 e. The molecule has 0 unspecified atom stereocenters. The third kappa shape index (κ3) is 5.72. The average molecular weight is 387 g/mol. The number of alkyl halides is 1. The number of methoxy groups -OCH3 is 1. The van der Waals surface area contributed by atoms with Crippen LogP contribution >= 0.6 is 23.4 Å². The van der Waals surface area contributed by atoms with Gasteiger partial charge in [0.15, 0.2) is 10.8 Å². The number of carbonyl (C=O) groups is 1. The Balaban J connectivity index is 2.07. The number of amides is 1. The van der Waals surface area contributed by atoms with Crippen molar-refractivity contribution in [3.8, 4) is 0 Å². The summed E-state index contributed by atoms with van der Waals surface area (Å²) in [6.07, 6.45) is 4.79. The standard InChI is InChI=1S/C15H23ClN6O2S/c1-24-9-7-18-13-11-10-19-22(14(11)21-15(20-13)25-2)8-6-17-12(23)4-3-5-16/h10H,3-9H2,1-2H3,(H,17,23)(H,18,20,21). The van der Waals surface area contributed by atoms with Crippen LogP contribution in [0.25, 0.3) is 11.0 Å². The summed E-state index contributed by atoms with van der Waals surface area (Å²) in [7, 11) is 1.66. The fraction of sp³-hybridized carbons (Fsp3) is 0.600. The second kappa shape index (κ2) is 10.4. The zero-order valence-electron chi connectivity index (χ0n) is 14.4. The van der Waals surface area contributed by atoms with Crippen molar-refractivity contribution in [1.29, 1.82) is 0 Å². The molecule has 0 aliphatic rings. The number of anilines is 1. The normalized spacial score (nSPS) is 11.0. The molecule has 0 radical (unpaired) electrons. The summed E-state index contributed by atoms with van der Waals surface area (Å²) in [6, 6.07) is 0. The summed E-state index contributed by atoms with van der Waals surface area (Å²) in [6.45, 7) is 2.27. The van der Waals surface area contributed by atoms with Gasteiger partial charge in [-0.05, 0) is 12.7 Å². The molecule has 2 rings (SSSR count). The van der Waals surface area contributed by atoms with E-state index in [9.17, 15) is 4.79 Å². The van der Waals surface area contributed by atoms with Crippen LogP contribution in [-0.2, 0) is 16.1 Å². The minimum atomic E-state index is -0.00142. The van der Waals surface area contributed by atoms with Gasteiger partial charge in [0.1, 0.15) is 5.82 Å². The topological polar surface area (TPSA) is 94.0 Å². The fourth-order valence-electron chi connectivity index (χ4n) is 2.21. The quantitative estimate of drug-likeness (QED) is 0.263. The van der Waals surface area contributed by atoms with Crippen LogP contribution in [0.5, 0.6) is 0 Å². The number of aromatic nitrogens is 4. The minimum absolute atomic E-state index is 0.00142. The Morgan fingerprint density at radius 2 is 2.24 bits per heavy atom. The maximum Gasteiger partial charge on any atom is 0.220 e. The molecule has 0 spiro atoms. The van der Waals surface area contributed by atoms with Crippen LogP contribution in [0, 0.1) is 0 Å². The zero-order chi connectivity index (χ0) is 18.1. The van der Waals surface area contributed by atoms with E-state index < -0.39 is 0 Å². The molecule has 0 bridgehead atoms. The van der Waals surface area contributed by atoms with E-state index in [1.54, 1.807) is 18.0 Å². The van der Waals surface area contributed by atoms with Gasteiger partial charge in [0.05, 0.1) is 24.7 Å². The molecule has 2 heterocycles. The van der Waals surface area contributed by atoms with Crippen LogP contribution in [0.3, 0.4) is 0 Å². The summed E-state index contributed by atoms with van der Waals surface area (Å²) in [4.78, 5) is 20.7. The van der Waals surface area contributed by atoms with Crippen molar-refractivity contribution in [3.05, 3.63) is 6.20 Å². The first-order valence-electron chi connectivity index (χ1n) is 8.02. The summed E-state index contributed by atoms with van der Waals surface area (Å²) in [5.41, 5.74) is 0.745. The Kier molecular flexibility index (Phi) is 8.23. The van der Waals surface area contributed by atoms with Gasteiger partial charge in [-0.15, -0.1) is 11.6 Å². The lowest BCUT2D eigenvalue weighted by Gasteiger charge is -2.09. The van der Waals surface area contributed by atoms with Crippen molar-refractivity contribution in [2.75, 3.05) is 44.3 Å². The van der Waals surface area contributed by atoms with E-state index in [4.69, 9.17) is 16.3 Å². The second-order valence-electron chi connectivity index (χ2n) is 5.23. The number of rotatable bonds is 11. The lowest BCUT2D eigenvalue weighted by atomic mass is 10.3. The van der Waals surface area contributed by atoms with E-state index in [0.717, 1.165) is 16.9 Å². The zero-order valence-corrected chi connectivity index (χ0v) is 16.0. The summed E-state index contributed by atoms with van der Waals surface area (Å²) >= 11 is 7.06. The van der Waals surface area contributed by atoms with E-state index in [-0.39, 0.29) is 5.91 Å². The van der Waals surface area contributed by atoms with Crippen molar-refractivity contribution < 1.29 is 9.53 Å². The van der Waals surface area contributed by atoms with Gasteiger partial charge in [-0.25, -0.2) is 14.6 Å². The monoisotopic (exact) mass is 386 g/mol. The SMILES string of the molecule is COCCNc1nc(SC)nc2c1cnn2CCNC(=O)CCCCl. The lowest BCUT2D eigenvalue weighted by Crippen LogP contribution is -2.27. The van der Waals surface area contributed by atoms with Crippen molar-refractivity contribution in [3.63, 3.8) is 0 Å². The van der Waals surface area contributed by atoms with Gasteiger partial charge in [0.25, 0.3) is 0 Å². The molecule has 0 aliphatic carbocycles. The molecule has 0 aromatic carbocycles. The van der Waals surface area contributed by atoms with E-state index in [1.807, 2.05) is 6.26 Å². The molecular weight excluding hydrogens is 364 g/mol. The maximum atomic E-state index is 11.6. The molecule has 0 atom stereocenters. The highest BCUT2D eigenvalue weighted by atomic mass is 35.5. The Hall–Kier alpha value is -1.58. The average Bonchev–Trinajstić information content (AvgIpc) is 3.03. The van der Waals surface area contributed by atoms with Crippen LogP contribution in [0.15, 0.2) is 11.4 Å². The molecule has 10 heteroatoms. The number of nitrogens with zero attached hydrogens (tertiary/aromatic N) is 4. The highest BCUT2D eigenvalue weighted by Crippen LogP contribution is 2.23. The number of halogens is 1. The first kappa shape index (κ1) is 19.7. The molecule has 2 aromatic rings. The predicted octanol–water partition coefficient (Wildman–Crippen LogP) is 1.74. The van der Waals surface area contributed by atoms with Crippen molar-refractivity contribution in [2.45, 2.75) is 24.5 Å². The van der Waals surface area contributed by atoms with Crippen LogP contribution in [-0.4, -0.2) is 64.6 Å². The molecule has 2 N–H and O–H groups in total. The van der Waals surface area contributed by atoms with Crippen LogP contribution in [0.1, 0.15) is 12.8 Å². The summed E-state index contributed by atoms with van der Waals surface area (Å²) < 4.78 is 6.84. The molecule has 1 amide bonds. The molecule has 138 valence electrons. The van der Waals surface area contributed by atoms with Gasteiger partial charge in [0.2, 0.25) is 5.91 Å². The van der Waals surface area contributed by atoms with E-state index >= 15 is 0 Å². The Bertz CT molecular complexity index is 696. The fourth-order valence-corrected chi connectivity index (χ4v) is 2.71. The Labute approximate surface area is 156 Å². The first-order chi connectivity index (χ1) is 12.2. The van der Waals surface area contributed by atoms with Crippen LogP contribution in [0.4, 0.5) is 5.82 Å². The molecular formula is C15H23ClN6O2S. The van der Waals surface area contributed by atoms with E-state index in [1.165, 1.54) is 11.8 Å². The summed E-state index contributed by atoms with van der Waals surface area (Å²) in [5, 5.41) is 12.0. The molecule has 25 heavy (non-hydrogen) atoms. The molecule has 0 fully saturated rings. The number of ether oxygens (including phenoxy) is 1. The highest BCUT2D eigenvalue weighted by Gasteiger charge is 2.12. The predicted molar refractivity (Wildman–Crippen MR) is 100 cm³/mol. The van der Waals surface area contributed by atoms with Gasteiger partial charge >= 0.3 is 0 Å². The molecule has 0 aliphatic heterocycles. The highest BCUT2D eigenvalue weighted by molar-refractivity contribution is 7.98. The number of thioether (sulfide) groups is 1. The first-order valence-corrected chi connectivity index (χ1v) is 9.78. The number of carbonyl (C=O) groups excluding carboxylic acids is 1. The van der Waals surface area contributed by atoms with Crippen molar-refractivity contribution in [2.24, 2.45) is 0 Å². The smallest absolute Gasteiger partial charge is 0.220 e. The number of nitrogens with one attached hydrogen (secondary N) is 2. The van der Waals surface area contributed by atoms with E-state index in [2.05, 4.69) is 25.7 Å². The molecule has 8 nitrogen and oxygen atoms in total. The Morgan fingerprint density at radius 3 is 2.96 bits per heavy atom. The van der Waals surface area contributed by atoms with E-state index in [0.29, 0.717) is 50.1 Å². The van der Waals surface area contributed by atoms with Crippen molar-refractivity contribution in [1.82, 2.24) is 25.1 Å². The van der Waals surface area contributed by atoms with Gasteiger partial charge in [-0.2, -0.15) is 5.10 Å². The third-order valence-corrected chi connectivity index (χ3v) is 4.26. The lowest BCUT2D eigenvalue weighted by molar-refractivity contribution is -0.121. The molecule has 0 saturated carbocycles. The van der Waals surface area contributed by atoms with Gasteiger partial charge < -0.3 is 15.4 Å².